The molecule has 3 N–H and O–H groups in total. The second-order valence-corrected chi connectivity index (χ2v) is 14.9. The van der Waals surface area contributed by atoms with Gasteiger partial charge in [0.15, 0.2) is 5.58 Å². The van der Waals surface area contributed by atoms with Gasteiger partial charge in [0.2, 0.25) is 11.8 Å². The molecule has 5 aromatic rings. The molecule has 11 heteroatoms. The van der Waals surface area contributed by atoms with Crippen LogP contribution in [0.5, 0.6) is 0 Å². The van der Waals surface area contributed by atoms with Gasteiger partial charge in [0, 0.05) is 17.8 Å². The SMILES string of the molecule is CC(C)(C)CCc1ccc(C(Cc2ccc(C(=O)NCCS(=O)(=O)O)cc2)C(=O)Nc2ccc(-c3nc4ccccc4o3)c(Cl)c2)cc1. The molecule has 0 saturated carbocycles. The summed E-state index contributed by atoms with van der Waals surface area (Å²) in [6.45, 7) is 6.42. The molecule has 1 aromatic heterocycles. The van der Waals surface area contributed by atoms with Crippen molar-refractivity contribution in [1.29, 1.82) is 0 Å². The van der Waals surface area contributed by atoms with Gasteiger partial charge < -0.3 is 15.1 Å². The van der Waals surface area contributed by atoms with Crippen molar-refractivity contribution in [3.8, 4) is 11.5 Å². The second-order valence-electron chi connectivity index (χ2n) is 13.0. The van der Waals surface area contributed by atoms with Crippen LogP contribution < -0.4 is 10.6 Å². The van der Waals surface area contributed by atoms with Crippen LogP contribution in [0.1, 0.15) is 60.2 Å². The standard InChI is InChI=1S/C37H38ClN3O6S/c1-37(2,3)19-18-24-8-12-26(13-9-24)30(22-25-10-14-27(15-11-25)34(42)39-20-21-48(44,45)46)35(43)40-28-16-17-29(31(38)23-28)36-41-32-6-4-5-7-33(32)47-36/h4-17,23,30H,18-22H2,1-3H3,(H,39,42)(H,40,43)(H,44,45,46). The van der Waals surface area contributed by atoms with Crippen molar-refractivity contribution in [2.24, 2.45) is 5.41 Å². The van der Waals surface area contributed by atoms with Crippen LogP contribution in [0.3, 0.4) is 0 Å². The highest BCUT2D eigenvalue weighted by Crippen LogP contribution is 2.33. The number of aryl methyl sites for hydroxylation is 1. The third-order valence-corrected chi connectivity index (χ3v) is 8.96. The molecule has 1 atom stereocenters. The van der Waals surface area contributed by atoms with Crippen molar-refractivity contribution in [3.63, 3.8) is 0 Å². The molecule has 9 nitrogen and oxygen atoms in total. The molecule has 4 aromatic carbocycles. The molecule has 5 rings (SSSR count). The smallest absolute Gasteiger partial charge is 0.266 e. The molecular formula is C37H38ClN3O6S. The number of carbonyl (C=O) groups excluding carboxylic acids is 2. The van der Waals surface area contributed by atoms with Crippen molar-refractivity contribution < 1.29 is 27.0 Å². The number of hydrogen-bond acceptors (Lipinski definition) is 6. The average Bonchev–Trinajstić information content (AvgIpc) is 3.46. The number of aromatic nitrogens is 1. The quantitative estimate of drug-likeness (QED) is 0.114. The Balaban J connectivity index is 1.34. The van der Waals surface area contributed by atoms with E-state index in [0.717, 1.165) is 29.5 Å². The predicted octanol–water partition coefficient (Wildman–Crippen LogP) is 7.71. The highest BCUT2D eigenvalue weighted by Gasteiger charge is 2.23. The Morgan fingerprint density at radius 3 is 2.27 bits per heavy atom. The second kappa shape index (κ2) is 14.7. The molecule has 0 spiro atoms. The molecule has 48 heavy (non-hydrogen) atoms. The van der Waals surface area contributed by atoms with E-state index in [9.17, 15) is 18.0 Å². The summed E-state index contributed by atoms with van der Waals surface area (Å²) in [7, 11) is -4.18. The van der Waals surface area contributed by atoms with Crippen LogP contribution in [-0.4, -0.2) is 42.1 Å². The van der Waals surface area contributed by atoms with E-state index in [-0.39, 0.29) is 17.9 Å². The van der Waals surface area contributed by atoms with E-state index in [4.69, 9.17) is 20.6 Å². The van der Waals surface area contributed by atoms with Crippen LogP contribution in [0.25, 0.3) is 22.6 Å². The minimum absolute atomic E-state index is 0.206. The van der Waals surface area contributed by atoms with Gasteiger partial charge in [-0.3, -0.25) is 14.1 Å². The first-order chi connectivity index (χ1) is 22.7. The molecule has 1 unspecified atom stereocenters. The third kappa shape index (κ3) is 9.53. The lowest BCUT2D eigenvalue weighted by Crippen LogP contribution is -2.28. The lowest BCUT2D eigenvalue weighted by Gasteiger charge is -2.20. The van der Waals surface area contributed by atoms with Gasteiger partial charge in [0.1, 0.15) is 5.52 Å². The number of nitrogens with one attached hydrogen (secondary N) is 2. The summed E-state index contributed by atoms with van der Waals surface area (Å²) < 4.78 is 36.7. The van der Waals surface area contributed by atoms with Gasteiger partial charge >= 0.3 is 0 Å². The average molecular weight is 688 g/mol. The fourth-order valence-corrected chi connectivity index (χ4v) is 5.83. The van der Waals surface area contributed by atoms with E-state index in [1.165, 1.54) is 5.56 Å². The number of rotatable bonds is 12. The normalized spacial score (nSPS) is 12.5. The fourth-order valence-electron chi connectivity index (χ4n) is 5.20. The predicted molar refractivity (Wildman–Crippen MR) is 189 cm³/mol. The van der Waals surface area contributed by atoms with Gasteiger partial charge in [-0.15, -0.1) is 0 Å². The summed E-state index contributed by atoms with van der Waals surface area (Å²) in [4.78, 5) is 30.9. The number of fused-ring (bicyclic) bond motifs is 1. The van der Waals surface area contributed by atoms with Crippen molar-refractivity contribution in [1.82, 2.24) is 10.3 Å². The fraction of sp³-hybridized carbons (Fsp3) is 0.270. The first kappa shape index (κ1) is 34.8. The Bertz CT molecular complexity index is 1980. The van der Waals surface area contributed by atoms with Gasteiger partial charge in [0.25, 0.3) is 16.0 Å². The van der Waals surface area contributed by atoms with E-state index >= 15 is 0 Å². The van der Waals surface area contributed by atoms with Crippen LogP contribution in [0.4, 0.5) is 5.69 Å². The molecule has 0 bridgehead atoms. The lowest BCUT2D eigenvalue weighted by molar-refractivity contribution is -0.117. The largest absolute Gasteiger partial charge is 0.436 e. The van der Waals surface area contributed by atoms with Crippen LogP contribution >= 0.6 is 11.6 Å². The summed E-state index contributed by atoms with van der Waals surface area (Å²) in [6.07, 6.45) is 2.32. The number of para-hydroxylation sites is 2. The number of halogens is 1. The number of anilines is 1. The van der Waals surface area contributed by atoms with Crippen molar-refractivity contribution in [2.75, 3.05) is 17.6 Å². The molecule has 0 fully saturated rings. The topological polar surface area (TPSA) is 139 Å². The summed E-state index contributed by atoms with van der Waals surface area (Å²) >= 11 is 6.65. The molecule has 0 aliphatic carbocycles. The number of amides is 2. The highest BCUT2D eigenvalue weighted by atomic mass is 35.5. The number of hydrogen-bond donors (Lipinski definition) is 3. The third-order valence-electron chi connectivity index (χ3n) is 7.92. The first-order valence-corrected chi connectivity index (χ1v) is 17.6. The maximum atomic E-state index is 13.9. The van der Waals surface area contributed by atoms with E-state index in [1.807, 2.05) is 36.4 Å². The van der Waals surface area contributed by atoms with Crippen molar-refractivity contribution in [3.05, 3.63) is 118 Å². The number of nitrogens with zero attached hydrogens (tertiary/aromatic N) is 1. The molecule has 0 aliphatic rings. The van der Waals surface area contributed by atoms with E-state index in [1.54, 1.807) is 42.5 Å². The molecule has 1 heterocycles. The Morgan fingerprint density at radius 1 is 0.938 bits per heavy atom. The van der Waals surface area contributed by atoms with Crippen molar-refractivity contribution in [2.45, 2.75) is 46.0 Å². The Morgan fingerprint density at radius 2 is 1.62 bits per heavy atom. The maximum Gasteiger partial charge on any atom is 0.266 e. The highest BCUT2D eigenvalue weighted by molar-refractivity contribution is 7.85. The molecule has 0 saturated heterocycles. The van der Waals surface area contributed by atoms with Crippen LogP contribution in [0.2, 0.25) is 5.02 Å². The molecule has 2 amide bonds. The molecular weight excluding hydrogens is 650 g/mol. The van der Waals surface area contributed by atoms with Gasteiger partial charge in [0.05, 0.1) is 22.3 Å². The van der Waals surface area contributed by atoms with Crippen molar-refractivity contribution >= 4 is 50.3 Å². The zero-order chi connectivity index (χ0) is 34.5. The Hall–Kier alpha value is -4.51. The summed E-state index contributed by atoms with van der Waals surface area (Å²) in [5, 5.41) is 5.88. The number of benzene rings is 4. The van der Waals surface area contributed by atoms with Gasteiger partial charge in [-0.1, -0.05) is 80.9 Å². The minimum Gasteiger partial charge on any atom is -0.436 e. The van der Waals surface area contributed by atoms with Crippen LogP contribution in [-0.2, 0) is 27.8 Å². The van der Waals surface area contributed by atoms with E-state index in [2.05, 4.69) is 48.5 Å². The van der Waals surface area contributed by atoms with Gasteiger partial charge in [-0.25, -0.2) is 4.98 Å². The van der Waals surface area contributed by atoms with E-state index in [0.29, 0.717) is 39.7 Å². The summed E-state index contributed by atoms with van der Waals surface area (Å²) in [5.41, 5.74) is 5.89. The molecule has 250 valence electrons. The molecule has 0 aliphatic heterocycles. The molecule has 0 radical (unpaired) electrons. The summed E-state index contributed by atoms with van der Waals surface area (Å²) in [5.74, 6) is -1.45. The van der Waals surface area contributed by atoms with Crippen LogP contribution in [0, 0.1) is 5.41 Å². The van der Waals surface area contributed by atoms with E-state index < -0.39 is 27.7 Å². The lowest BCUT2D eigenvalue weighted by atomic mass is 9.87. The zero-order valence-electron chi connectivity index (χ0n) is 27.0. The maximum absolute atomic E-state index is 13.9. The van der Waals surface area contributed by atoms with Crippen LogP contribution in [0.15, 0.2) is 95.4 Å². The monoisotopic (exact) mass is 687 g/mol. The summed E-state index contributed by atoms with van der Waals surface area (Å²) in [6, 6.07) is 27.5. The number of carbonyl (C=O) groups is 2. The number of oxazole rings is 1. The zero-order valence-corrected chi connectivity index (χ0v) is 28.6. The van der Waals surface area contributed by atoms with Gasteiger partial charge in [-0.2, -0.15) is 8.42 Å². The first-order valence-electron chi connectivity index (χ1n) is 15.6. The minimum atomic E-state index is -4.18. The Labute approximate surface area is 285 Å². The van der Waals surface area contributed by atoms with Gasteiger partial charge in [-0.05, 0) is 83.8 Å². The Kier molecular flexibility index (Phi) is 10.7.